The summed E-state index contributed by atoms with van der Waals surface area (Å²) in [5.74, 6) is -1.54. The van der Waals surface area contributed by atoms with Crippen molar-refractivity contribution in [1.29, 1.82) is 0 Å². The Kier molecular flexibility index (Phi) is 6.63. The predicted octanol–water partition coefficient (Wildman–Crippen LogP) is 5.04. The van der Waals surface area contributed by atoms with Gasteiger partial charge in [-0.25, -0.2) is 0 Å². The molecule has 1 heterocycles. The number of hydrogen-bond acceptors (Lipinski definition) is 3. The fraction of sp³-hybridized carbons (Fsp3) is 0.400. The highest BCUT2D eigenvalue weighted by molar-refractivity contribution is 6.06. The van der Waals surface area contributed by atoms with Crippen molar-refractivity contribution in [3.8, 4) is 0 Å². The van der Waals surface area contributed by atoms with Crippen LogP contribution in [0.2, 0.25) is 0 Å². The van der Waals surface area contributed by atoms with Crippen LogP contribution in [0.4, 0.5) is 13.2 Å². The van der Waals surface area contributed by atoms with Crippen LogP contribution >= 0.6 is 0 Å². The molecule has 1 aliphatic carbocycles. The summed E-state index contributed by atoms with van der Waals surface area (Å²) in [6.45, 7) is 2.43. The Morgan fingerprint density at radius 3 is 2.47 bits per heavy atom. The Morgan fingerprint density at radius 2 is 1.82 bits per heavy atom. The number of carboxylic acid groups (broad SMARTS) is 1. The van der Waals surface area contributed by atoms with E-state index >= 15 is 0 Å². The van der Waals surface area contributed by atoms with Crippen molar-refractivity contribution in [2.75, 3.05) is 0 Å². The molecular weight excluding hydrogens is 447 g/mol. The third-order valence-corrected chi connectivity index (χ3v) is 6.44. The Balaban J connectivity index is 1.63. The molecule has 180 valence electrons. The van der Waals surface area contributed by atoms with Gasteiger partial charge in [-0.3, -0.25) is 14.3 Å². The number of aliphatic carboxylic acids is 1. The van der Waals surface area contributed by atoms with Crippen LogP contribution in [0.15, 0.2) is 42.5 Å². The van der Waals surface area contributed by atoms with E-state index in [9.17, 15) is 27.9 Å². The van der Waals surface area contributed by atoms with Gasteiger partial charge in [0.2, 0.25) is 0 Å². The van der Waals surface area contributed by atoms with Gasteiger partial charge in [-0.1, -0.05) is 30.3 Å². The van der Waals surface area contributed by atoms with Crippen LogP contribution in [0, 0.1) is 5.92 Å². The number of rotatable bonds is 6. The van der Waals surface area contributed by atoms with Crippen molar-refractivity contribution in [3.05, 3.63) is 64.8 Å². The van der Waals surface area contributed by atoms with Crippen molar-refractivity contribution >= 4 is 22.8 Å². The van der Waals surface area contributed by atoms with Crippen LogP contribution < -0.4 is 5.32 Å². The fourth-order valence-electron chi connectivity index (χ4n) is 4.66. The molecule has 0 radical (unpaired) electrons. The largest absolute Gasteiger partial charge is 0.481 e. The zero-order chi connectivity index (χ0) is 24.5. The number of amides is 1. The van der Waals surface area contributed by atoms with Gasteiger partial charge in [-0.15, -0.1) is 0 Å². The predicted molar refractivity (Wildman–Crippen MR) is 121 cm³/mol. The summed E-state index contributed by atoms with van der Waals surface area (Å²) in [6, 6.07) is 10.5. The van der Waals surface area contributed by atoms with Gasteiger partial charge in [0.25, 0.3) is 5.91 Å². The first-order chi connectivity index (χ1) is 16.2. The molecule has 1 aliphatic rings. The molecule has 34 heavy (non-hydrogen) atoms. The number of hydrogen-bond donors (Lipinski definition) is 2. The van der Waals surface area contributed by atoms with Gasteiger partial charge in [-0.05, 0) is 62.3 Å². The molecule has 1 aromatic heterocycles. The van der Waals surface area contributed by atoms with E-state index in [1.54, 1.807) is 16.8 Å². The summed E-state index contributed by atoms with van der Waals surface area (Å²) in [5.41, 5.74) is 1.48. The molecule has 0 spiro atoms. The van der Waals surface area contributed by atoms with E-state index in [0.29, 0.717) is 43.2 Å². The second-order valence-electron chi connectivity index (χ2n) is 8.71. The van der Waals surface area contributed by atoms with Crippen LogP contribution in [-0.4, -0.2) is 32.8 Å². The minimum absolute atomic E-state index is 0.138. The summed E-state index contributed by atoms with van der Waals surface area (Å²) in [4.78, 5) is 24.4. The maximum atomic E-state index is 13.2. The number of benzene rings is 2. The maximum Gasteiger partial charge on any atom is 0.416 e. The molecule has 3 aromatic rings. The van der Waals surface area contributed by atoms with Crippen molar-refractivity contribution in [3.63, 3.8) is 0 Å². The smallest absolute Gasteiger partial charge is 0.416 e. The third-order valence-electron chi connectivity index (χ3n) is 6.44. The van der Waals surface area contributed by atoms with Gasteiger partial charge in [0.05, 0.1) is 17.0 Å². The number of alkyl halides is 3. The van der Waals surface area contributed by atoms with E-state index < -0.39 is 17.7 Å². The number of nitrogens with zero attached hydrogens (tertiary/aromatic N) is 2. The van der Waals surface area contributed by atoms with Crippen molar-refractivity contribution in [1.82, 2.24) is 15.1 Å². The zero-order valence-electron chi connectivity index (χ0n) is 18.7. The van der Waals surface area contributed by atoms with E-state index in [-0.39, 0.29) is 30.0 Å². The average molecular weight is 473 g/mol. The molecular formula is C25H26F3N3O3. The van der Waals surface area contributed by atoms with E-state index in [2.05, 4.69) is 10.4 Å². The van der Waals surface area contributed by atoms with Crippen LogP contribution in [0.5, 0.6) is 0 Å². The van der Waals surface area contributed by atoms with Crippen LogP contribution in [0.25, 0.3) is 10.9 Å². The number of aryl methyl sites for hydroxylation is 1. The number of aromatic nitrogens is 2. The Bertz CT molecular complexity index is 1210. The molecule has 1 amide bonds. The molecule has 0 saturated heterocycles. The molecule has 1 saturated carbocycles. The molecule has 2 N–H and O–H groups in total. The molecule has 2 aromatic carbocycles. The lowest BCUT2D eigenvalue weighted by Crippen LogP contribution is -2.39. The summed E-state index contributed by atoms with van der Waals surface area (Å²) in [6.07, 6.45) is -2.05. The first kappa shape index (κ1) is 23.8. The second kappa shape index (κ2) is 9.48. The number of fused-ring (bicyclic) bond motifs is 1. The van der Waals surface area contributed by atoms with Crippen molar-refractivity contribution in [2.45, 2.75) is 57.8 Å². The molecule has 9 heteroatoms. The number of carboxylic acids is 1. The molecule has 0 unspecified atom stereocenters. The molecule has 1 fully saturated rings. The second-order valence-corrected chi connectivity index (χ2v) is 8.71. The molecule has 0 aliphatic heterocycles. The van der Waals surface area contributed by atoms with E-state index in [0.717, 1.165) is 23.2 Å². The first-order valence-electron chi connectivity index (χ1n) is 11.4. The van der Waals surface area contributed by atoms with Gasteiger partial charge in [0.1, 0.15) is 0 Å². The molecule has 6 nitrogen and oxygen atoms in total. The number of halogens is 3. The minimum Gasteiger partial charge on any atom is -0.481 e. The highest BCUT2D eigenvalue weighted by atomic mass is 19.4. The van der Waals surface area contributed by atoms with E-state index in [1.165, 1.54) is 6.07 Å². The van der Waals surface area contributed by atoms with Gasteiger partial charge in [0, 0.05) is 18.0 Å². The van der Waals surface area contributed by atoms with Gasteiger partial charge in [0.15, 0.2) is 5.69 Å². The Morgan fingerprint density at radius 1 is 1.12 bits per heavy atom. The fourth-order valence-corrected chi connectivity index (χ4v) is 4.66. The number of carbonyl (C=O) groups is 2. The molecule has 0 bridgehead atoms. The van der Waals surface area contributed by atoms with Crippen LogP contribution in [0.3, 0.4) is 0 Å². The van der Waals surface area contributed by atoms with Crippen LogP contribution in [0.1, 0.15) is 59.8 Å². The number of carbonyl (C=O) groups excluding carboxylic acids is 1. The highest BCUT2D eigenvalue weighted by Gasteiger charge is 2.31. The molecule has 4 rings (SSSR count). The third kappa shape index (κ3) is 4.93. The Hall–Kier alpha value is -3.36. The lowest BCUT2D eigenvalue weighted by Gasteiger charge is -2.26. The molecule has 0 atom stereocenters. The lowest BCUT2D eigenvalue weighted by atomic mass is 9.86. The van der Waals surface area contributed by atoms with Crippen molar-refractivity contribution < 1.29 is 27.9 Å². The summed E-state index contributed by atoms with van der Waals surface area (Å²) in [5, 5.41) is 17.3. The summed E-state index contributed by atoms with van der Waals surface area (Å²) >= 11 is 0. The quantitative estimate of drug-likeness (QED) is 0.526. The van der Waals surface area contributed by atoms with Gasteiger partial charge < -0.3 is 10.4 Å². The van der Waals surface area contributed by atoms with Crippen LogP contribution in [-0.2, 0) is 23.9 Å². The van der Waals surface area contributed by atoms with E-state index in [4.69, 9.17) is 0 Å². The highest BCUT2D eigenvalue weighted by Crippen LogP contribution is 2.31. The van der Waals surface area contributed by atoms with Gasteiger partial charge >= 0.3 is 12.1 Å². The average Bonchev–Trinajstić information content (AvgIpc) is 3.19. The summed E-state index contributed by atoms with van der Waals surface area (Å²) in [7, 11) is 0. The van der Waals surface area contributed by atoms with Gasteiger partial charge in [-0.2, -0.15) is 18.3 Å². The number of nitrogens with one attached hydrogen (secondary N) is 1. The van der Waals surface area contributed by atoms with Crippen molar-refractivity contribution in [2.24, 2.45) is 5.92 Å². The standard InChI is InChI=1S/C25H26F3N3O3/c1-2-31-20-8-4-6-17(13-15-5-3-7-18(14-15)25(26,27)28)21(20)22(30-31)23(32)29-19-11-9-16(10-12-19)24(33)34/h3-8,14,16,19H,2,9-13H2,1H3,(H,29,32)(H,33,34). The maximum absolute atomic E-state index is 13.2. The lowest BCUT2D eigenvalue weighted by molar-refractivity contribution is -0.143. The summed E-state index contributed by atoms with van der Waals surface area (Å²) < 4.78 is 41.2. The first-order valence-corrected chi connectivity index (χ1v) is 11.4. The van der Waals surface area contributed by atoms with E-state index in [1.807, 2.05) is 19.1 Å². The monoisotopic (exact) mass is 473 g/mol. The Labute approximate surface area is 194 Å². The normalized spacial score (nSPS) is 18.7. The minimum atomic E-state index is -4.43. The SMILES string of the molecule is CCn1nc(C(=O)NC2CCC(C(=O)O)CC2)c2c(Cc3cccc(C(F)(F)F)c3)cccc21. The zero-order valence-corrected chi connectivity index (χ0v) is 18.7. The topological polar surface area (TPSA) is 84.2 Å².